The molecule has 5 nitrogen and oxygen atoms in total. The van der Waals surface area contributed by atoms with Gasteiger partial charge in [-0.3, -0.25) is 0 Å². The fourth-order valence-electron chi connectivity index (χ4n) is 3.82. The van der Waals surface area contributed by atoms with Crippen molar-refractivity contribution in [1.29, 1.82) is 0 Å². The van der Waals surface area contributed by atoms with Gasteiger partial charge in [-0.15, -0.1) is 11.3 Å². The number of aryl methyl sites for hydroxylation is 1. The molecule has 0 spiro atoms. The second-order valence-corrected chi connectivity index (χ2v) is 7.78. The summed E-state index contributed by atoms with van der Waals surface area (Å²) in [6, 6.07) is 6.01. The zero-order valence-electron chi connectivity index (χ0n) is 15.2. The van der Waals surface area contributed by atoms with Crippen molar-refractivity contribution >= 4 is 22.8 Å². The molecular formula is C20H23N3O2S. The molecule has 6 heteroatoms. The highest BCUT2D eigenvalue weighted by Gasteiger charge is 2.28. The van der Waals surface area contributed by atoms with Crippen LogP contribution in [0.4, 0.5) is 0 Å². The average Bonchev–Trinajstić information content (AvgIpc) is 3.23. The molecule has 1 aliphatic rings. The Morgan fingerprint density at radius 2 is 2.12 bits per heavy atom. The number of hydrogen-bond donors (Lipinski definition) is 0. The van der Waals surface area contributed by atoms with E-state index >= 15 is 0 Å². The minimum absolute atomic E-state index is 0.244. The van der Waals surface area contributed by atoms with Crippen molar-refractivity contribution in [3.8, 4) is 10.6 Å². The molecule has 0 unspecified atom stereocenters. The van der Waals surface area contributed by atoms with Gasteiger partial charge in [0.25, 0.3) is 0 Å². The predicted molar refractivity (Wildman–Crippen MR) is 103 cm³/mol. The van der Waals surface area contributed by atoms with Gasteiger partial charge in [0.2, 0.25) is 0 Å². The summed E-state index contributed by atoms with van der Waals surface area (Å²) in [5.41, 5.74) is 3.89. The van der Waals surface area contributed by atoms with Crippen LogP contribution in [0.25, 0.3) is 16.1 Å². The highest BCUT2D eigenvalue weighted by atomic mass is 32.1. The molecule has 4 rings (SSSR count). The van der Waals surface area contributed by atoms with Gasteiger partial charge in [-0.2, -0.15) is 5.10 Å². The number of rotatable bonds is 4. The first-order valence-corrected chi connectivity index (χ1v) is 10.1. The van der Waals surface area contributed by atoms with E-state index in [0.717, 1.165) is 40.3 Å². The van der Waals surface area contributed by atoms with E-state index in [4.69, 9.17) is 9.72 Å². The van der Waals surface area contributed by atoms with E-state index in [1.807, 2.05) is 42.8 Å². The highest BCUT2D eigenvalue weighted by molar-refractivity contribution is 7.17. The Morgan fingerprint density at radius 1 is 1.31 bits per heavy atom. The van der Waals surface area contributed by atoms with Crippen LogP contribution in [0.3, 0.4) is 0 Å². The van der Waals surface area contributed by atoms with E-state index in [2.05, 4.69) is 5.10 Å². The Morgan fingerprint density at radius 3 is 2.88 bits per heavy atom. The maximum Gasteiger partial charge on any atom is 0.350 e. The van der Waals surface area contributed by atoms with Crippen molar-refractivity contribution in [3.63, 3.8) is 0 Å². The van der Waals surface area contributed by atoms with Gasteiger partial charge in [0.15, 0.2) is 0 Å². The van der Waals surface area contributed by atoms with Gasteiger partial charge in [0.05, 0.1) is 29.1 Å². The second kappa shape index (κ2) is 7.19. The van der Waals surface area contributed by atoms with Gasteiger partial charge in [-0.05, 0) is 38.8 Å². The Bertz CT molecular complexity index is 938. The maximum atomic E-state index is 12.6. The Balaban J connectivity index is 1.84. The summed E-state index contributed by atoms with van der Waals surface area (Å²) in [5, 5.41) is 5.46. The number of nitrogens with zero attached hydrogens (tertiary/aromatic N) is 3. The topological polar surface area (TPSA) is 56.5 Å². The molecule has 0 aromatic carbocycles. The summed E-state index contributed by atoms with van der Waals surface area (Å²) >= 11 is 1.45. The number of ether oxygens (including phenoxy) is 1. The predicted octanol–water partition coefficient (Wildman–Crippen LogP) is 4.99. The van der Waals surface area contributed by atoms with Gasteiger partial charge in [0.1, 0.15) is 9.88 Å². The third kappa shape index (κ3) is 3.03. The van der Waals surface area contributed by atoms with Crippen molar-refractivity contribution in [3.05, 3.63) is 40.7 Å². The number of pyridine rings is 1. The van der Waals surface area contributed by atoms with Crippen LogP contribution < -0.4 is 0 Å². The number of esters is 1. The Kier molecular flexibility index (Phi) is 4.76. The van der Waals surface area contributed by atoms with E-state index in [-0.39, 0.29) is 5.97 Å². The van der Waals surface area contributed by atoms with Crippen LogP contribution >= 0.6 is 11.3 Å². The summed E-state index contributed by atoms with van der Waals surface area (Å²) in [5.74, 6) is 0.112. The number of aromatic nitrogens is 3. The van der Waals surface area contributed by atoms with Crippen LogP contribution in [0.1, 0.15) is 66.0 Å². The molecule has 0 radical (unpaired) electrons. The molecule has 3 aromatic rings. The zero-order chi connectivity index (χ0) is 18.1. The van der Waals surface area contributed by atoms with Crippen LogP contribution in [-0.4, -0.2) is 27.2 Å². The lowest BCUT2D eigenvalue weighted by atomic mass is 9.86. The fourth-order valence-corrected chi connectivity index (χ4v) is 4.97. The third-order valence-electron chi connectivity index (χ3n) is 5.03. The highest BCUT2D eigenvalue weighted by Crippen LogP contribution is 2.40. The molecule has 0 atom stereocenters. The summed E-state index contributed by atoms with van der Waals surface area (Å²) in [6.45, 7) is 4.22. The normalized spacial score (nSPS) is 15.5. The molecule has 26 heavy (non-hydrogen) atoms. The minimum atomic E-state index is -0.244. The van der Waals surface area contributed by atoms with E-state index in [0.29, 0.717) is 17.4 Å². The number of fused-ring (bicyclic) bond motifs is 1. The van der Waals surface area contributed by atoms with Crippen molar-refractivity contribution in [1.82, 2.24) is 14.6 Å². The monoisotopic (exact) mass is 369 g/mol. The first kappa shape index (κ1) is 17.2. The van der Waals surface area contributed by atoms with E-state index in [9.17, 15) is 4.79 Å². The Labute approximate surface area is 157 Å². The average molecular weight is 369 g/mol. The molecule has 1 saturated carbocycles. The summed E-state index contributed by atoms with van der Waals surface area (Å²) in [6.07, 6.45) is 7.82. The lowest BCUT2D eigenvalue weighted by Crippen LogP contribution is -2.11. The number of hydrogen-bond acceptors (Lipinski definition) is 5. The largest absolute Gasteiger partial charge is 0.462 e. The lowest BCUT2D eigenvalue weighted by molar-refractivity contribution is 0.0529. The first-order valence-electron chi connectivity index (χ1n) is 9.31. The van der Waals surface area contributed by atoms with E-state index < -0.39 is 0 Å². The molecule has 0 saturated heterocycles. The van der Waals surface area contributed by atoms with Crippen molar-refractivity contribution in [2.24, 2.45) is 0 Å². The van der Waals surface area contributed by atoms with Gasteiger partial charge < -0.3 is 4.74 Å². The van der Waals surface area contributed by atoms with Crippen molar-refractivity contribution < 1.29 is 9.53 Å². The van der Waals surface area contributed by atoms with Gasteiger partial charge in [-0.1, -0.05) is 25.3 Å². The molecule has 3 heterocycles. The fraction of sp³-hybridized carbons (Fsp3) is 0.450. The molecule has 1 aliphatic carbocycles. The molecule has 0 bridgehead atoms. The Hall–Kier alpha value is -2.21. The number of carbonyl (C=O) groups excluding carboxylic acids is 1. The van der Waals surface area contributed by atoms with Crippen molar-refractivity contribution in [2.75, 3.05) is 6.61 Å². The summed E-state index contributed by atoms with van der Waals surface area (Å²) < 4.78 is 7.19. The van der Waals surface area contributed by atoms with Crippen LogP contribution in [-0.2, 0) is 4.74 Å². The number of carbonyl (C=O) groups is 1. The minimum Gasteiger partial charge on any atom is -0.462 e. The molecule has 0 aliphatic heterocycles. The third-order valence-corrected chi connectivity index (χ3v) is 6.10. The summed E-state index contributed by atoms with van der Waals surface area (Å²) in [4.78, 5) is 18.2. The standard InChI is InChI=1S/C20H23N3O2S/c1-3-25-20(24)18-17(14-9-5-4-6-10-14)21-19(26-18)16-13(2)22-23-12-8-7-11-15(16)23/h7-8,11-12,14H,3-6,9-10H2,1-2H3. The van der Waals surface area contributed by atoms with Gasteiger partial charge >= 0.3 is 5.97 Å². The van der Waals surface area contributed by atoms with Crippen LogP contribution in [0, 0.1) is 6.92 Å². The smallest absolute Gasteiger partial charge is 0.350 e. The molecule has 0 amide bonds. The van der Waals surface area contributed by atoms with Crippen LogP contribution in [0.15, 0.2) is 24.4 Å². The molecule has 136 valence electrons. The van der Waals surface area contributed by atoms with Crippen LogP contribution in [0.5, 0.6) is 0 Å². The lowest BCUT2D eigenvalue weighted by Gasteiger charge is -2.20. The summed E-state index contributed by atoms with van der Waals surface area (Å²) in [7, 11) is 0. The molecule has 0 N–H and O–H groups in total. The molecule has 1 fully saturated rings. The molecular weight excluding hydrogens is 346 g/mol. The quantitative estimate of drug-likeness (QED) is 0.608. The zero-order valence-corrected chi connectivity index (χ0v) is 16.0. The van der Waals surface area contributed by atoms with Gasteiger partial charge in [0, 0.05) is 12.1 Å². The first-order chi connectivity index (χ1) is 12.7. The van der Waals surface area contributed by atoms with Crippen molar-refractivity contribution in [2.45, 2.75) is 51.9 Å². The maximum absolute atomic E-state index is 12.6. The van der Waals surface area contributed by atoms with Crippen LogP contribution in [0.2, 0.25) is 0 Å². The number of thiazole rings is 1. The second-order valence-electron chi connectivity index (χ2n) is 6.78. The molecule has 3 aromatic heterocycles. The SMILES string of the molecule is CCOC(=O)c1sc(-c2c(C)nn3ccccc23)nc1C1CCCCC1. The van der Waals surface area contributed by atoms with E-state index in [1.165, 1.54) is 30.6 Å². The van der Waals surface area contributed by atoms with E-state index in [1.54, 1.807) is 0 Å². The van der Waals surface area contributed by atoms with Gasteiger partial charge in [-0.25, -0.2) is 14.3 Å².